The Morgan fingerprint density at radius 3 is 1.40 bits per heavy atom. The van der Waals surface area contributed by atoms with Crippen LogP contribution in [-0.2, 0) is 9.59 Å². The van der Waals surface area contributed by atoms with Gasteiger partial charge in [0.25, 0.3) is 0 Å². The average molecular weight is 140 g/mol. The van der Waals surface area contributed by atoms with Crippen LogP contribution in [0.1, 0.15) is 26.7 Å². The summed E-state index contributed by atoms with van der Waals surface area (Å²) < 4.78 is 0. The molecule has 1 rings (SSSR count). The highest BCUT2D eigenvalue weighted by Crippen LogP contribution is 2.35. The number of Topliss-reactive ketones (excluding diaryl/α,β-unsaturated/α-hetero) is 2. The van der Waals surface area contributed by atoms with Gasteiger partial charge < -0.3 is 0 Å². The van der Waals surface area contributed by atoms with E-state index in [1.165, 1.54) is 0 Å². The molecule has 2 heteroatoms. The number of ketones is 2. The highest BCUT2D eigenvalue weighted by atomic mass is 16.1. The zero-order chi connectivity index (χ0) is 7.72. The van der Waals surface area contributed by atoms with Crippen LogP contribution in [0.2, 0.25) is 0 Å². The highest BCUT2D eigenvalue weighted by molar-refractivity contribution is 5.88. The number of rotatable bonds is 2. The Hall–Kier alpha value is -0.660. The standard InChI is InChI=1S/C8H12O2/c1-5(9)7-3-4-8(7)6(2)10/h7-8H,3-4H2,1-2H3/t7-,8+. The number of carbonyl (C=O) groups is 2. The molecule has 0 radical (unpaired) electrons. The molecular formula is C8H12O2. The summed E-state index contributed by atoms with van der Waals surface area (Å²) >= 11 is 0. The quantitative estimate of drug-likeness (QED) is 0.577. The van der Waals surface area contributed by atoms with Gasteiger partial charge in [-0.25, -0.2) is 0 Å². The van der Waals surface area contributed by atoms with Crippen molar-refractivity contribution in [3.63, 3.8) is 0 Å². The molecule has 1 fully saturated rings. The lowest BCUT2D eigenvalue weighted by Crippen LogP contribution is -2.35. The maximum absolute atomic E-state index is 10.8. The van der Waals surface area contributed by atoms with Gasteiger partial charge in [-0.15, -0.1) is 0 Å². The molecule has 0 N–H and O–H groups in total. The minimum atomic E-state index is 0.0532. The monoisotopic (exact) mass is 140 g/mol. The number of hydrogen-bond donors (Lipinski definition) is 0. The largest absolute Gasteiger partial charge is 0.300 e. The fourth-order valence-corrected chi connectivity index (χ4v) is 1.47. The number of carbonyl (C=O) groups excluding carboxylic acids is 2. The van der Waals surface area contributed by atoms with Gasteiger partial charge >= 0.3 is 0 Å². The molecule has 0 heterocycles. The second-order valence-electron chi connectivity index (χ2n) is 3.01. The maximum atomic E-state index is 10.8. The van der Waals surface area contributed by atoms with E-state index in [2.05, 4.69) is 0 Å². The predicted octanol–water partition coefficient (Wildman–Crippen LogP) is 1.19. The van der Waals surface area contributed by atoms with E-state index < -0.39 is 0 Å². The van der Waals surface area contributed by atoms with Crippen LogP contribution >= 0.6 is 0 Å². The lowest BCUT2D eigenvalue weighted by Gasteiger charge is -2.32. The summed E-state index contributed by atoms with van der Waals surface area (Å²) in [6.07, 6.45) is 1.83. The first-order chi connectivity index (χ1) is 4.63. The van der Waals surface area contributed by atoms with Gasteiger partial charge in [0.1, 0.15) is 11.6 Å². The Morgan fingerprint density at radius 1 is 1.00 bits per heavy atom. The van der Waals surface area contributed by atoms with Crippen molar-refractivity contribution in [1.82, 2.24) is 0 Å². The van der Waals surface area contributed by atoms with E-state index >= 15 is 0 Å². The van der Waals surface area contributed by atoms with Crippen molar-refractivity contribution >= 4 is 11.6 Å². The van der Waals surface area contributed by atoms with Crippen molar-refractivity contribution in [1.29, 1.82) is 0 Å². The summed E-state index contributed by atoms with van der Waals surface area (Å²) in [7, 11) is 0. The Kier molecular flexibility index (Phi) is 1.88. The minimum absolute atomic E-state index is 0.0532. The van der Waals surface area contributed by atoms with Gasteiger partial charge in [0, 0.05) is 11.8 Å². The Morgan fingerprint density at radius 2 is 1.30 bits per heavy atom. The van der Waals surface area contributed by atoms with E-state index in [1.807, 2.05) is 0 Å². The van der Waals surface area contributed by atoms with Crippen LogP contribution < -0.4 is 0 Å². The van der Waals surface area contributed by atoms with E-state index in [1.54, 1.807) is 13.8 Å². The van der Waals surface area contributed by atoms with Gasteiger partial charge in [0.2, 0.25) is 0 Å². The molecule has 0 aliphatic heterocycles. The summed E-state index contributed by atoms with van der Waals surface area (Å²) in [5.41, 5.74) is 0. The maximum Gasteiger partial charge on any atom is 0.133 e. The second kappa shape index (κ2) is 2.52. The predicted molar refractivity (Wildman–Crippen MR) is 37.6 cm³/mol. The van der Waals surface area contributed by atoms with Crippen molar-refractivity contribution in [2.24, 2.45) is 11.8 Å². The third-order valence-electron chi connectivity index (χ3n) is 2.32. The molecule has 0 aromatic heterocycles. The summed E-state index contributed by atoms with van der Waals surface area (Å²) in [4.78, 5) is 21.6. The molecule has 0 amide bonds. The SMILES string of the molecule is CC(=O)[C@H]1CC[C@H]1C(C)=O. The molecule has 1 aliphatic rings. The van der Waals surface area contributed by atoms with E-state index in [0.29, 0.717) is 0 Å². The second-order valence-corrected chi connectivity index (χ2v) is 3.01. The molecule has 0 aromatic carbocycles. The fraction of sp³-hybridized carbons (Fsp3) is 0.750. The first kappa shape index (κ1) is 7.45. The molecule has 0 spiro atoms. The normalized spacial score (nSPS) is 31.0. The smallest absolute Gasteiger partial charge is 0.133 e. The fourth-order valence-electron chi connectivity index (χ4n) is 1.47. The van der Waals surface area contributed by atoms with Gasteiger partial charge in [-0.1, -0.05) is 0 Å². The zero-order valence-corrected chi connectivity index (χ0v) is 6.39. The highest BCUT2D eigenvalue weighted by Gasteiger charge is 2.36. The summed E-state index contributed by atoms with van der Waals surface area (Å²) in [6.45, 7) is 3.14. The summed E-state index contributed by atoms with van der Waals surface area (Å²) in [5, 5.41) is 0. The lowest BCUT2D eigenvalue weighted by atomic mass is 9.70. The van der Waals surface area contributed by atoms with Crippen LogP contribution in [0.15, 0.2) is 0 Å². The first-order valence-corrected chi connectivity index (χ1v) is 3.64. The average Bonchev–Trinajstić information content (AvgIpc) is 1.56. The van der Waals surface area contributed by atoms with Gasteiger partial charge in [-0.3, -0.25) is 9.59 Å². The Labute approximate surface area is 60.6 Å². The third kappa shape index (κ3) is 1.11. The van der Waals surface area contributed by atoms with E-state index in [-0.39, 0.29) is 23.4 Å². The zero-order valence-electron chi connectivity index (χ0n) is 6.39. The molecule has 0 aromatic rings. The molecule has 56 valence electrons. The van der Waals surface area contributed by atoms with Crippen LogP contribution in [0.4, 0.5) is 0 Å². The lowest BCUT2D eigenvalue weighted by molar-refractivity contribution is -0.135. The van der Waals surface area contributed by atoms with Crippen molar-refractivity contribution in [3.8, 4) is 0 Å². The van der Waals surface area contributed by atoms with E-state index in [4.69, 9.17) is 0 Å². The third-order valence-corrected chi connectivity index (χ3v) is 2.32. The van der Waals surface area contributed by atoms with E-state index in [0.717, 1.165) is 12.8 Å². The molecular weight excluding hydrogens is 128 g/mol. The van der Waals surface area contributed by atoms with Crippen LogP contribution in [0, 0.1) is 11.8 Å². The van der Waals surface area contributed by atoms with Crippen molar-refractivity contribution in [2.75, 3.05) is 0 Å². The molecule has 1 saturated carbocycles. The van der Waals surface area contributed by atoms with Gasteiger partial charge in [-0.05, 0) is 26.7 Å². The molecule has 0 unspecified atom stereocenters. The van der Waals surface area contributed by atoms with Crippen molar-refractivity contribution in [2.45, 2.75) is 26.7 Å². The molecule has 0 bridgehead atoms. The Balaban J connectivity index is 2.51. The van der Waals surface area contributed by atoms with Crippen molar-refractivity contribution < 1.29 is 9.59 Å². The topological polar surface area (TPSA) is 34.1 Å². The van der Waals surface area contributed by atoms with Gasteiger partial charge in [0.05, 0.1) is 0 Å². The number of hydrogen-bond acceptors (Lipinski definition) is 2. The van der Waals surface area contributed by atoms with Crippen LogP contribution in [0.3, 0.4) is 0 Å². The Bertz CT molecular complexity index is 152. The van der Waals surface area contributed by atoms with Gasteiger partial charge in [-0.2, -0.15) is 0 Å². The van der Waals surface area contributed by atoms with E-state index in [9.17, 15) is 9.59 Å². The van der Waals surface area contributed by atoms with Crippen LogP contribution in [-0.4, -0.2) is 11.6 Å². The minimum Gasteiger partial charge on any atom is -0.300 e. The summed E-state index contributed by atoms with van der Waals surface area (Å²) in [5.74, 6) is 0.452. The first-order valence-electron chi connectivity index (χ1n) is 3.64. The molecule has 2 atom stereocenters. The van der Waals surface area contributed by atoms with Gasteiger partial charge in [0.15, 0.2) is 0 Å². The molecule has 0 saturated heterocycles. The van der Waals surface area contributed by atoms with Crippen molar-refractivity contribution in [3.05, 3.63) is 0 Å². The molecule has 1 aliphatic carbocycles. The van der Waals surface area contributed by atoms with Crippen LogP contribution in [0.5, 0.6) is 0 Å². The molecule has 2 nitrogen and oxygen atoms in total. The summed E-state index contributed by atoms with van der Waals surface area (Å²) in [6, 6.07) is 0. The molecule has 10 heavy (non-hydrogen) atoms. The van der Waals surface area contributed by atoms with Crippen LogP contribution in [0.25, 0.3) is 0 Å².